The van der Waals surface area contributed by atoms with Gasteiger partial charge >= 0.3 is 5.97 Å². The molecule has 0 spiro atoms. The van der Waals surface area contributed by atoms with Crippen LogP contribution >= 0.6 is 11.6 Å². The Kier molecular flexibility index (Phi) is 4.55. The van der Waals surface area contributed by atoms with Crippen molar-refractivity contribution in [2.75, 3.05) is 7.11 Å². The van der Waals surface area contributed by atoms with Crippen molar-refractivity contribution in [1.29, 1.82) is 0 Å². The number of hydrogen-bond acceptors (Lipinski definition) is 2. The van der Waals surface area contributed by atoms with Crippen LogP contribution in [-0.4, -0.2) is 18.2 Å². The number of carboxylic acids is 1. The third kappa shape index (κ3) is 3.38. The molecule has 1 rings (SSSR count). The van der Waals surface area contributed by atoms with Crippen molar-refractivity contribution in [3.63, 3.8) is 0 Å². The Bertz CT molecular complexity index is 370. The molecular formula is C11H12ClFO3. The molecule has 3 nitrogen and oxygen atoms in total. The molecule has 88 valence electrons. The van der Waals surface area contributed by atoms with Crippen molar-refractivity contribution in [1.82, 2.24) is 0 Å². The SMILES string of the molecule is COc1c(F)cc(CCCC(=O)O)cc1Cl. The number of rotatable bonds is 5. The monoisotopic (exact) mass is 246 g/mol. The minimum atomic E-state index is -0.861. The molecule has 0 saturated carbocycles. The van der Waals surface area contributed by atoms with Crippen LogP contribution in [0.15, 0.2) is 12.1 Å². The van der Waals surface area contributed by atoms with E-state index in [1.54, 1.807) is 6.07 Å². The van der Waals surface area contributed by atoms with Gasteiger partial charge in [0.2, 0.25) is 0 Å². The molecule has 1 aromatic rings. The van der Waals surface area contributed by atoms with Gasteiger partial charge in [-0.2, -0.15) is 0 Å². The summed E-state index contributed by atoms with van der Waals surface area (Å²) < 4.78 is 18.1. The Hall–Kier alpha value is -1.29. The van der Waals surface area contributed by atoms with Gasteiger partial charge in [0.1, 0.15) is 0 Å². The molecule has 16 heavy (non-hydrogen) atoms. The summed E-state index contributed by atoms with van der Waals surface area (Å²) in [5, 5.41) is 8.66. The van der Waals surface area contributed by atoms with E-state index in [4.69, 9.17) is 21.4 Å². The number of hydrogen-bond donors (Lipinski definition) is 1. The highest BCUT2D eigenvalue weighted by Gasteiger charge is 2.10. The topological polar surface area (TPSA) is 46.5 Å². The zero-order valence-corrected chi connectivity index (χ0v) is 9.55. The molecule has 1 aromatic carbocycles. The summed E-state index contributed by atoms with van der Waals surface area (Å²) in [7, 11) is 1.34. The maximum absolute atomic E-state index is 13.4. The summed E-state index contributed by atoms with van der Waals surface area (Å²) in [6.07, 6.45) is 0.996. The number of benzene rings is 1. The van der Waals surface area contributed by atoms with Crippen LogP contribution in [0.3, 0.4) is 0 Å². The Morgan fingerprint density at radius 2 is 2.25 bits per heavy atom. The predicted molar refractivity (Wildman–Crippen MR) is 58.5 cm³/mol. The third-order valence-corrected chi connectivity index (χ3v) is 2.40. The van der Waals surface area contributed by atoms with Crippen molar-refractivity contribution in [3.05, 3.63) is 28.5 Å². The Morgan fingerprint density at radius 1 is 1.56 bits per heavy atom. The van der Waals surface area contributed by atoms with Crippen LogP contribution in [0.4, 0.5) is 4.39 Å². The average Bonchev–Trinajstić information content (AvgIpc) is 2.16. The molecular weight excluding hydrogens is 235 g/mol. The van der Waals surface area contributed by atoms with E-state index in [-0.39, 0.29) is 17.2 Å². The van der Waals surface area contributed by atoms with Gasteiger partial charge in [-0.25, -0.2) is 4.39 Å². The van der Waals surface area contributed by atoms with Crippen molar-refractivity contribution < 1.29 is 19.0 Å². The maximum Gasteiger partial charge on any atom is 0.303 e. The van der Waals surface area contributed by atoms with Crippen LogP contribution in [0.25, 0.3) is 0 Å². The maximum atomic E-state index is 13.4. The highest BCUT2D eigenvalue weighted by Crippen LogP contribution is 2.29. The molecule has 0 amide bonds. The van der Waals surface area contributed by atoms with Crippen molar-refractivity contribution >= 4 is 17.6 Å². The lowest BCUT2D eigenvalue weighted by Crippen LogP contribution is -1.97. The van der Waals surface area contributed by atoms with Crippen molar-refractivity contribution in [2.45, 2.75) is 19.3 Å². The average molecular weight is 247 g/mol. The molecule has 0 fully saturated rings. The van der Waals surface area contributed by atoms with E-state index in [2.05, 4.69) is 0 Å². The molecule has 0 atom stereocenters. The summed E-state index contributed by atoms with van der Waals surface area (Å²) in [6.45, 7) is 0. The fourth-order valence-corrected chi connectivity index (χ4v) is 1.70. The molecule has 5 heteroatoms. The van der Waals surface area contributed by atoms with Crippen LogP contribution in [-0.2, 0) is 11.2 Å². The second-order valence-corrected chi connectivity index (χ2v) is 3.75. The highest BCUT2D eigenvalue weighted by atomic mass is 35.5. The largest absolute Gasteiger partial charge is 0.492 e. The van der Waals surface area contributed by atoms with Gasteiger partial charge in [0, 0.05) is 6.42 Å². The van der Waals surface area contributed by atoms with Gasteiger partial charge in [0.25, 0.3) is 0 Å². The van der Waals surface area contributed by atoms with Gasteiger partial charge in [-0.15, -0.1) is 0 Å². The molecule has 1 N–H and O–H groups in total. The minimum absolute atomic E-state index is 0.0173. The van der Waals surface area contributed by atoms with E-state index in [1.807, 2.05) is 0 Å². The van der Waals surface area contributed by atoms with Crippen molar-refractivity contribution in [3.8, 4) is 5.75 Å². The molecule has 0 aliphatic carbocycles. The third-order valence-electron chi connectivity index (χ3n) is 2.12. The van der Waals surface area contributed by atoms with Crippen LogP contribution < -0.4 is 4.74 Å². The van der Waals surface area contributed by atoms with Gasteiger partial charge in [-0.3, -0.25) is 4.79 Å². The van der Waals surface area contributed by atoms with E-state index in [1.165, 1.54) is 13.2 Å². The van der Waals surface area contributed by atoms with Gasteiger partial charge in [0.15, 0.2) is 11.6 Å². The molecule has 0 bridgehead atoms. The fourth-order valence-electron chi connectivity index (χ4n) is 1.40. The second kappa shape index (κ2) is 5.70. The Balaban J connectivity index is 2.72. The summed E-state index contributed by atoms with van der Waals surface area (Å²) >= 11 is 5.79. The van der Waals surface area contributed by atoms with E-state index in [9.17, 15) is 9.18 Å². The molecule has 0 heterocycles. The number of methoxy groups -OCH3 is 1. The molecule has 0 aliphatic rings. The Morgan fingerprint density at radius 3 is 2.75 bits per heavy atom. The summed E-state index contributed by atoms with van der Waals surface area (Å²) in [5.41, 5.74) is 0.671. The molecule has 0 saturated heterocycles. The molecule has 0 unspecified atom stereocenters. The van der Waals surface area contributed by atoms with E-state index in [0.717, 1.165) is 0 Å². The second-order valence-electron chi connectivity index (χ2n) is 3.34. The van der Waals surface area contributed by atoms with Crippen LogP contribution in [0.2, 0.25) is 5.02 Å². The first kappa shape index (κ1) is 12.8. The van der Waals surface area contributed by atoms with Gasteiger partial charge in [0.05, 0.1) is 12.1 Å². The normalized spacial score (nSPS) is 10.2. The minimum Gasteiger partial charge on any atom is -0.492 e. The number of halogens is 2. The number of carbonyl (C=O) groups is 1. The van der Waals surface area contributed by atoms with Crippen molar-refractivity contribution in [2.24, 2.45) is 0 Å². The summed E-state index contributed by atoms with van der Waals surface area (Å²) in [4.78, 5) is 10.3. The number of aliphatic carboxylic acids is 1. The van der Waals surface area contributed by atoms with Gasteiger partial charge < -0.3 is 9.84 Å². The van der Waals surface area contributed by atoms with E-state index < -0.39 is 11.8 Å². The fraction of sp³-hybridized carbons (Fsp3) is 0.364. The summed E-state index contributed by atoms with van der Waals surface area (Å²) in [5.74, 6) is -1.37. The zero-order valence-electron chi connectivity index (χ0n) is 8.80. The first-order valence-corrected chi connectivity index (χ1v) is 5.16. The Labute approximate surface area is 97.8 Å². The van der Waals surface area contributed by atoms with Crippen LogP contribution in [0.5, 0.6) is 5.75 Å². The lowest BCUT2D eigenvalue weighted by Gasteiger charge is -2.07. The molecule has 0 aromatic heterocycles. The number of aryl methyl sites for hydroxylation is 1. The standard InChI is InChI=1S/C11H12ClFO3/c1-16-11-8(12)5-7(6-9(11)13)3-2-4-10(14)15/h5-6H,2-4H2,1H3,(H,14,15). The van der Waals surface area contributed by atoms with E-state index in [0.29, 0.717) is 18.4 Å². The molecule has 0 aliphatic heterocycles. The van der Waals surface area contributed by atoms with Crippen LogP contribution in [0, 0.1) is 5.82 Å². The zero-order chi connectivity index (χ0) is 12.1. The van der Waals surface area contributed by atoms with Gasteiger partial charge in [-0.1, -0.05) is 11.6 Å². The lowest BCUT2D eigenvalue weighted by atomic mass is 10.1. The van der Waals surface area contributed by atoms with E-state index >= 15 is 0 Å². The lowest BCUT2D eigenvalue weighted by molar-refractivity contribution is -0.137. The number of ether oxygens (including phenoxy) is 1. The first-order chi connectivity index (χ1) is 7.54. The highest BCUT2D eigenvalue weighted by molar-refractivity contribution is 6.32. The molecule has 0 radical (unpaired) electrons. The van der Waals surface area contributed by atoms with Crippen LogP contribution in [0.1, 0.15) is 18.4 Å². The first-order valence-electron chi connectivity index (χ1n) is 4.78. The van der Waals surface area contributed by atoms with Gasteiger partial charge in [-0.05, 0) is 30.5 Å². The summed E-state index contributed by atoms with van der Waals surface area (Å²) in [6, 6.07) is 2.90. The number of carboxylic acid groups (broad SMARTS) is 1. The smallest absolute Gasteiger partial charge is 0.303 e. The quantitative estimate of drug-likeness (QED) is 0.869. The predicted octanol–water partition coefficient (Wildman–Crippen LogP) is 2.90.